The first-order valence-corrected chi connectivity index (χ1v) is 10.5. The first kappa shape index (κ1) is 21.8. The molecule has 1 aliphatic heterocycles. The number of ketones is 1. The van der Waals surface area contributed by atoms with E-state index in [1.165, 1.54) is 5.56 Å². The van der Waals surface area contributed by atoms with Gasteiger partial charge in [0.15, 0.2) is 6.10 Å². The van der Waals surface area contributed by atoms with Crippen molar-refractivity contribution in [2.45, 2.75) is 58.5 Å². The maximum atomic E-state index is 12.7. The highest BCUT2D eigenvalue weighted by Gasteiger charge is 2.41. The van der Waals surface area contributed by atoms with E-state index in [1.54, 1.807) is 0 Å². The van der Waals surface area contributed by atoms with Crippen LogP contribution in [0.25, 0.3) is 0 Å². The van der Waals surface area contributed by atoms with Gasteiger partial charge >= 0.3 is 5.97 Å². The minimum absolute atomic E-state index is 0.0725. The van der Waals surface area contributed by atoms with Crippen molar-refractivity contribution in [2.24, 2.45) is 5.92 Å². The number of allylic oxidation sites excluding steroid dienone is 1. The van der Waals surface area contributed by atoms with E-state index in [9.17, 15) is 14.7 Å². The maximum Gasteiger partial charge on any atom is 0.346 e. The zero-order valence-corrected chi connectivity index (χ0v) is 18.1. The van der Waals surface area contributed by atoms with Crippen LogP contribution in [0.5, 0.6) is 0 Å². The molecule has 0 bridgehead atoms. The van der Waals surface area contributed by atoms with Crippen LogP contribution in [0, 0.1) is 5.92 Å². The number of rotatable bonds is 6. The van der Waals surface area contributed by atoms with E-state index in [0.717, 1.165) is 11.1 Å². The molecule has 30 heavy (non-hydrogen) atoms. The molecule has 1 unspecified atom stereocenters. The second-order valence-corrected chi connectivity index (χ2v) is 9.09. The smallest absolute Gasteiger partial charge is 0.346 e. The van der Waals surface area contributed by atoms with Crippen molar-refractivity contribution >= 4 is 11.8 Å². The van der Waals surface area contributed by atoms with Crippen LogP contribution in [0.1, 0.15) is 50.8 Å². The molecular weight excluding hydrogens is 376 g/mol. The average molecular weight is 407 g/mol. The van der Waals surface area contributed by atoms with Gasteiger partial charge in [-0.15, -0.1) is 0 Å². The summed E-state index contributed by atoms with van der Waals surface area (Å²) in [6.45, 7) is 8.29. The van der Waals surface area contributed by atoms with Crippen LogP contribution in [0.3, 0.4) is 0 Å². The summed E-state index contributed by atoms with van der Waals surface area (Å²) >= 11 is 0. The molecule has 0 spiro atoms. The van der Waals surface area contributed by atoms with E-state index in [4.69, 9.17) is 4.74 Å². The molecule has 0 aliphatic carbocycles. The second-order valence-electron chi connectivity index (χ2n) is 9.09. The lowest BCUT2D eigenvalue weighted by Gasteiger charge is -2.19. The van der Waals surface area contributed by atoms with Crippen molar-refractivity contribution in [3.63, 3.8) is 0 Å². The minimum Gasteiger partial charge on any atom is -0.511 e. The molecule has 1 N–H and O–H groups in total. The number of carbonyl (C=O) groups excluding carboxylic acids is 2. The number of hydrogen-bond donors (Lipinski definition) is 1. The first-order chi connectivity index (χ1) is 14.2. The molecule has 1 fully saturated rings. The summed E-state index contributed by atoms with van der Waals surface area (Å²) in [6.07, 6.45) is 0.755. The Bertz CT molecular complexity index is 933. The zero-order chi connectivity index (χ0) is 21.9. The third-order valence-corrected chi connectivity index (χ3v) is 5.62. The fourth-order valence-electron chi connectivity index (χ4n) is 3.70. The number of carbonyl (C=O) groups is 2. The van der Waals surface area contributed by atoms with Crippen molar-refractivity contribution in [1.82, 2.24) is 0 Å². The summed E-state index contributed by atoms with van der Waals surface area (Å²) in [7, 11) is 0. The van der Waals surface area contributed by atoms with Gasteiger partial charge < -0.3 is 9.84 Å². The van der Waals surface area contributed by atoms with Crippen molar-refractivity contribution in [2.75, 3.05) is 0 Å². The monoisotopic (exact) mass is 406 g/mol. The number of benzene rings is 2. The summed E-state index contributed by atoms with van der Waals surface area (Å²) in [5.74, 6) is -1.66. The van der Waals surface area contributed by atoms with Crippen LogP contribution in [0.2, 0.25) is 0 Å². The second kappa shape index (κ2) is 8.86. The molecule has 158 valence electrons. The van der Waals surface area contributed by atoms with Crippen molar-refractivity contribution < 1.29 is 19.4 Å². The number of esters is 1. The van der Waals surface area contributed by atoms with E-state index < -0.39 is 17.9 Å². The summed E-state index contributed by atoms with van der Waals surface area (Å²) in [6, 6.07) is 18.0. The Hall–Kier alpha value is -2.88. The van der Waals surface area contributed by atoms with E-state index in [1.807, 2.05) is 49.4 Å². The van der Waals surface area contributed by atoms with Crippen LogP contribution < -0.4 is 0 Å². The highest BCUT2D eigenvalue weighted by Crippen LogP contribution is 2.28. The third kappa shape index (κ3) is 4.99. The van der Waals surface area contributed by atoms with Crippen molar-refractivity contribution in [3.8, 4) is 0 Å². The van der Waals surface area contributed by atoms with E-state index in [-0.39, 0.29) is 22.7 Å². The summed E-state index contributed by atoms with van der Waals surface area (Å²) < 4.78 is 5.28. The molecule has 0 saturated carbocycles. The molecule has 0 aromatic heterocycles. The number of aliphatic hydroxyl groups excluding tert-OH is 1. The number of aryl methyl sites for hydroxylation is 1. The lowest BCUT2D eigenvalue weighted by atomic mass is 9.86. The fraction of sp³-hybridized carbons (Fsp3) is 0.385. The average Bonchev–Trinajstić information content (AvgIpc) is 2.99. The van der Waals surface area contributed by atoms with Gasteiger partial charge in [-0.3, -0.25) is 4.79 Å². The lowest BCUT2D eigenvalue weighted by Crippen LogP contribution is -2.19. The largest absolute Gasteiger partial charge is 0.511 e. The number of ether oxygens (including phenoxy) is 1. The highest BCUT2D eigenvalue weighted by molar-refractivity contribution is 6.23. The van der Waals surface area contributed by atoms with Gasteiger partial charge in [0.05, 0.1) is 0 Å². The molecule has 4 nitrogen and oxygen atoms in total. The van der Waals surface area contributed by atoms with Gasteiger partial charge in [0.25, 0.3) is 0 Å². The van der Waals surface area contributed by atoms with Gasteiger partial charge in [0.2, 0.25) is 5.78 Å². The number of aliphatic hydroxyl groups is 1. The summed E-state index contributed by atoms with van der Waals surface area (Å²) in [5, 5.41) is 10.7. The Morgan fingerprint density at radius 3 is 2.23 bits per heavy atom. The molecule has 4 heteroatoms. The van der Waals surface area contributed by atoms with Crippen LogP contribution in [-0.4, -0.2) is 23.0 Å². The molecular formula is C26H30O4. The third-order valence-electron chi connectivity index (χ3n) is 5.62. The van der Waals surface area contributed by atoms with Crippen molar-refractivity contribution in [1.29, 1.82) is 0 Å². The Morgan fingerprint density at radius 1 is 1.00 bits per heavy atom. The van der Waals surface area contributed by atoms with E-state index in [0.29, 0.717) is 19.3 Å². The predicted octanol–water partition coefficient (Wildman–Crippen LogP) is 5.10. The van der Waals surface area contributed by atoms with Gasteiger partial charge in [0, 0.05) is 5.92 Å². The molecule has 0 amide bonds. The Balaban J connectivity index is 1.68. The molecule has 2 aromatic carbocycles. The zero-order valence-electron chi connectivity index (χ0n) is 18.1. The van der Waals surface area contributed by atoms with Crippen LogP contribution >= 0.6 is 0 Å². The normalized spacial score (nSPS) is 19.5. The van der Waals surface area contributed by atoms with Gasteiger partial charge in [-0.05, 0) is 41.4 Å². The quantitative estimate of drug-likeness (QED) is 0.314. The van der Waals surface area contributed by atoms with Gasteiger partial charge in [-0.25, -0.2) is 4.79 Å². The van der Waals surface area contributed by atoms with Crippen LogP contribution in [-0.2, 0) is 32.6 Å². The SMILES string of the molecule is C[C@@H](Cc1ccc(C(C)(C)C)cc1)C(O)=C1C(=O)OC(CCc2ccccc2)C1=O. The van der Waals surface area contributed by atoms with Gasteiger partial charge in [0.1, 0.15) is 11.3 Å². The standard InChI is InChI=1S/C26H30O4/c1-17(16-19-10-13-20(14-11-19)26(2,3)4)23(27)22-24(28)21(30-25(22)29)15-12-18-8-6-5-7-9-18/h5-11,13-14,17,21,27H,12,15-16H2,1-4H3/t17-,21?/m0/s1. The Kier molecular flexibility index (Phi) is 6.45. The molecule has 0 radical (unpaired) electrons. The molecule has 1 heterocycles. The molecule has 2 aromatic rings. The maximum absolute atomic E-state index is 12.7. The van der Waals surface area contributed by atoms with Crippen LogP contribution in [0.15, 0.2) is 65.9 Å². The number of hydrogen-bond acceptors (Lipinski definition) is 4. The highest BCUT2D eigenvalue weighted by atomic mass is 16.6. The summed E-state index contributed by atoms with van der Waals surface area (Å²) in [4.78, 5) is 25.0. The molecule has 3 rings (SSSR count). The molecule has 2 atom stereocenters. The first-order valence-electron chi connectivity index (χ1n) is 10.5. The van der Waals surface area contributed by atoms with E-state index >= 15 is 0 Å². The molecule has 1 saturated heterocycles. The lowest BCUT2D eigenvalue weighted by molar-refractivity contribution is -0.141. The van der Waals surface area contributed by atoms with Gasteiger partial charge in [-0.1, -0.05) is 82.3 Å². The van der Waals surface area contributed by atoms with Crippen molar-refractivity contribution in [3.05, 3.63) is 82.6 Å². The molecule has 1 aliphatic rings. The number of cyclic esters (lactones) is 1. The van der Waals surface area contributed by atoms with Crippen LogP contribution in [0.4, 0.5) is 0 Å². The Labute approximate surface area is 178 Å². The van der Waals surface area contributed by atoms with Gasteiger partial charge in [-0.2, -0.15) is 0 Å². The van der Waals surface area contributed by atoms with E-state index in [2.05, 4.69) is 32.9 Å². The minimum atomic E-state index is -0.826. The topological polar surface area (TPSA) is 63.6 Å². The number of Topliss-reactive ketones (excluding diaryl/α,β-unsaturated/α-hetero) is 1. The summed E-state index contributed by atoms with van der Waals surface area (Å²) in [5.41, 5.74) is 3.24. The fourth-order valence-corrected chi connectivity index (χ4v) is 3.70. The predicted molar refractivity (Wildman–Crippen MR) is 117 cm³/mol. The Morgan fingerprint density at radius 2 is 1.63 bits per heavy atom.